The van der Waals surface area contributed by atoms with Crippen molar-refractivity contribution in [2.75, 3.05) is 5.73 Å². The van der Waals surface area contributed by atoms with Crippen LogP contribution in [0.4, 0.5) is 10.2 Å². The number of rotatable bonds is 3. The molecule has 0 spiro atoms. The smallest absolute Gasteiger partial charge is 0.142 e. The molecule has 3 N–H and O–H groups in total. The maximum atomic E-state index is 13.2. The largest absolute Gasteiger partial charge is 0.383 e. The number of H-pyrrole nitrogens is 1. The van der Waals surface area contributed by atoms with E-state index in [1.54, 1.807) is 18.3 Å². The molecule has 24 heavy (non-hydrogen) atoms. The molecule has 0 radical (unpaired) electrons. The minimum absolute atomic E-state index is 0.239. The van der Waals surface area contributed by atoms with E-state index in [0.29, 0.717) is 17.0 Å². The molecular formula is C18H14FN5. The molecule has 5 nitrogen and oxygen atoms in total. The molecule has 1 aromatic carbocycles. The lowest BCUT2D eigenvalue weighted by atomic mass is 9.97. The summed E-state index contributed by atoms with van der Waals surface area (Å²) < 4.78 is 13.2. The third-order valence-corrected chi connectivity index (χ3v) is 4.24. The zero-order valence-corrected chi connectivity index (χ0v) is 12.8. The van der Waals surface area contributed by atoms with E-state index in [-0.39, 0.29) is 11.6 Å². The van der Waals surface area contributed by atoms with Crippen LogP contribution < -0.4 is 5.73 Å². The summed E-state index contributed by atoms with van der Waals surface area (Å²) in [5.41, 5.74) is 10.2. The zero-order valence-electron chi connectivity index (χ0n) is 12.8. The van der Waals surface area contributed by atoms with Crippen molar-refractivity contribution >= 4 is 5.82 Å². The molecular weight excluding hydrogens is 305 g/mol. The van der Waals surface area contributed by atoms with Crippen LogP contribution >= 0.6 is 0 Å². The quantitative estimate of drug-likeness (QED) is 0.771. The Morgan fingerprint density at radius 2 is 1.96 bits per heavy atom. The van der Waals surface area contributed by atoms with Gasteiger partial charge in [-0.25, -0.2) is 9.37 Å². The van der Waals surface area contributed by atoms with Gasteiger partial charge in [-0.3, -0.25) is 5.10 Å². The highest BCUT2D eigenvalue weighted by Crippen LogP contribution is 2.42. The van der Waals surface area contributed by atoms with Crippen molar-refractivity contribution in [1.82, 2.24) is 15.2 Å². The molecule has 0 saturated heterocycles. The van der Waals surface area contributed by atoms with Gasteiger partial charge in [-0.05, 0) is 43.2 Å². The number of benzene rings is 1. The molecule has 2 heterocycles. The number of nitrogens with two attached hydrogens (primary N) is 1. The topological polar surface area (TPSA) is 91.4 Å². The third-order valence-electron chi connectivity index (χ3n) is 4.24. The number of nitrogens with zero attached hydrogens (tertiary/aromatic N) is 3. The van der Waals surface area contributed by atoms with Crippen LogP contribution in [0.2, 0.25) is 0 Å². The molecule has 0 atom stereocenters. The fourth-order valence-corrected chi connectivity index (χ4v) is 2.83. The highest BCUT2D eigenvalue weighted by atomic mass is 19.1. The Morgan fingerprint density at radius 1 is 1.21 bits per heavy atom. The van der Waals surface area contributed by atoms with E-state index in [4.69, 9.17) is 5.73 Å². The zero-order chi connectivity index (χ0) is 16.7. The first-order chi connectivity index (χ1) is 11.7. The van der Waals surface area contributed by atoms with Crippen LogP contribution in [-0.4, -0.2) is 15.2 Å². The van der Waals surface area contributed by atoms with Crippen molar-refractivity contribution in [3.05, 3.63) is 53.6 Å². The van der Waals surface area contributed by atoms with Gasteiger partial charge in [0, 0.05) is 28.3 Å². The van der Waals surface area contributed by atoms with Crippen LogP contribution in [0.1, 0.15) is 30.0 Å². The first-order valence-electron chi connectivity index (χ1n) is 7.67. The monoisotopic (exact) mass is 319 g/mol. The molecule has 1 saturated carbocycles. The molecule has 2 aromatic heterocycles. The predicted molar refractivity (Wildman–Crippen MR) is 88.3 cm³/mol. The summed E-state index contributed by atoms with van der Waals surface area (Å²) in [7, 11) is 0. The highest BCUT2D eigenvalue weighted by Gasteiger charge is 2.27. The summed E-state index contributed by atoms with van der Waals surface area (Å²) in [4.78, 5) is 4.37. The molecule has 118 valence electrons. The van der Waals surface area contributed by atoms with Gasteiger partial charge in [-0.1, -0.05) is 0 Å². The summed E-state index contributed by atoms with van der Waals surface area (Å²) in [6.07, 6.45) is 3.84. The van der Waals surface area contributed by atoms with Crippen molar-refractivity contribution in [1.29, 1.82) is 5.26 Å². The second kappa shape index (κ2) is 5.46. The number of nitriles is 1. The number of aromatic nitrogens is 3. The second-order valence-corrected chi connectivity index (χ2v) is 5.91. The van der Waals surface area contributed by atoms with Gasteiger partial charge in [0.25, 0.3) is 0 Å². The van der Waals surface area contributed by atoms with Gasteiger partial charge in [0.15, 0.2) is 0 Å². The van der Waals surface area contributed by atoms with Gasteiger partial charge in [-0.2, -0.15) is 10.4 Å². The number of nitrogens with one attached hydrogen (secondary N) is 1. The third kappa shape index (κ3) is 2.40. The molecule has 1 aliphatic carbocycles. The van der Waals surface area contributed by atoms with Gasteiger partial charge in [0.1, 0.15) is 23.3 Å². The van der Waals surface area contributed by atoms with E-state index in [2.05, 4.69) is 21.3 Å². The number of aromatic amines is 1. The molecule has 1 aliphatic rings. The fraction of sp³-hybridized carbons (Fsp3) is 0.167. The number of hydrogen-bond donors (Lipinski definition) is 2. The Balaban J connectivity index is 1.90. The lowest BCUT2D eigenvalue weighted by molar-refractivity contribution is 0.628. The first kappa shape index (κ1) is 14.4. The number of halogens is 1. The van der Waals surface area contributed by atoms with E-state index in [1.807, 2.05) is 6.07 Å². The standard InChI is InChI=1S/C18H14FN5/c19-12-5-3-11(4-6-12)17-15(9-22-24-17)13-7-16(10-1-2-10)23-18(21)14(13)8-20/h3-7,9-10H,1-2H2,(H2,21,23)(H,22,24). The minimum atomic E-state index is -0.304. The molecule has 6 heteroatoms. The summed E-state index contributed by atoms with van der Waals surface area (Å²) in [6, 6.07) is 10.2. The van der Waals surface area contributed by atoms with E-state index in [9.17, 15) is 9.65 Å². The fourth-order valence-electron chi connectivity index (χ4n) is 2.83. The second-order valence-electron chi connectivity index (χ2n) is 5.91. The van der Waals surface area contributed by atoms with Crippen LogP contribution in [0, 0.1) is 17.1 Å². The Morgan fingerprint density at radius 3 is 2.62 bits per heavy atom. The average molecular weight is 319 g/mol. The van der Waals surface area contributed by atoms with Crippen molar-refractivity contribution < 1.29 is 4.39 Å². The minimum Gasteiger partial charge on any atom is -0.383 e. The van der Waals surface area contributed by atoms with Gasteiger partial charge < -0.3 is 5.73 Å². The molecule has 0 unspecified atom stereocenters. The number of pyridine rings is 1. The van der Waals surface area contributed by atoms with Crippen LogP contribution in [0.3, 0.4) is 0 Å². The molecule has 4 rings (SSSR count). The van der Waals surface area contributed by atoms with Crippen LogP contribution in [0.5, 0.6) is 0 Å². The highest BCUT2D eigenvalue weighted by molar-refractivity contribution is 5.85. The SMILES string of the molecule is N#Cc1c(-c2cn[nH]c2-c2ccc(F)cc2)cc(C2CC2)nc1N. The van der Waals surface area contributed by atoms with Crippen molar-refractivity contribution in [2.24, 2.45) is 0 Å². The summed E-state index contributed by atoms with van der Waals surface area (Å²) in [5.74, 6) is 0.352. The van der Waals surface area contributed by atoms with Gasteiger partial charge >= 0.3 is 0 Å². The Bertz CT molecular complexity index is 949. The molecule has 0 aliphatic heterocycles. The average Bonchev–Trinajstić information content (AvgIpc) is 3.32. The summed E-state index contributed by atoms with van der Waals surface area (Å²) in [6.45, 7) is 0. The molecule has 0 bridgehead atoms. The maximum absolute atomic E-state index is 13.2. The van der Waals surface area contributed by atoms with E-state index in [0.717, 1.165) is 35.4 Å². The van der Waals surface area contributed by atoms with Gasteiger partial charge in [-0.15, -0.1) is 0 Å². The summed E-state index contributed by atoms with van der Waals surface area (Å²) >= 11 is 0. The normalized spacial score (nSPS) is 13.7. The molecule has 3 aromatic rings. The summed E-state index contributed by atoms with van der Waals surface area (Å²) in [5, 5.41) is 16.5. The van der Waals surface area contributed by atoms with Crippen LogP contribution in [0.15, 0.2) is 36.5 Å². The van der Waals surface area contributed by atoms with E-state index in [1.165, 1.54) is 12.1 Å². The number of nitrogen functional groups attached to an aromatic ring is 1. The van der Waals surface area contributed by atoms with Gasteiger partial charge in [0.05, 0.1) is 11.9 Å². The van der Waals surface area contributed by atoms with Gasteiger partial charge in [0.2, 0.25) is 0 Å². The number of hydrogen-bond acceptors (Lipinski definition) is 4. The lowest BCUT2D eigenvalue weighted by Crippen LogP contribution is -2.01. The Labute approximate surface area is 138 Å². The maximum Gasteiger partial charge on any atom is 0.142 e. The predicted octanol–water partition coefficient (Wildman–Crippen LogP) is 3.61. The van der Waals surface area contributed by atoms with Crippen LogP contribution in [0.25, 0.3) is 22.4 Å². The Kier molecular flexibility index (Phi) is 3.28. The first-order valence-corrected chi connectivity index (χ1v) is 7.67. The number of anilines is 1. The van der Waals surface area contributed by atoms with E-state index >= 15 is 0 Å². The Hall–Kier alpha value is -3.20. The molecule has 1 fully saturated rings. The lowest BCUT2D eigenvalue weighted by Gasteiger charge is -2.10. The van der Waals surface area contributed by atoms with Crippen molar-refractivity contribution in [3.8, 4) is 28.5 Å². The van der Waals surface area contributed by atoms with E-state index < -0.39 is 0 Å². The molecule has 0 amide bonds. The van der Waals surface area contributed by atoms with Crippen molar-refractivity contribution in [2.45, 2.75) is 18.8 Å². The van der Waals surface area contributed by atoms with Crippen LogP contribution in [-0.2, 0) is 0 Å². The van der Waals surface area contributed by atoms with Crippen molar-refractivity contribution in [3.63, 3.8) is 0 Å².